The summed E-state index contributed by atoms with van der Waals surface area (Å²) in [6.07, 6.45) is -0.177. The minimum Gasteiger partial charge on any atom is -0.371 e. The molecular weight excluding hydrogens is 231 g/mol. The SMILES string of the molecule is Cc1cc2c(F)c(C3CNCCO3)ccc2n1C. The highest BCUT2D eigenvalue weighted by Crippen LogP contribution is 2.29. The van der Waals surface area contributed by atoms with Gasteiger partial charge in [-0.1, -0.05) is 6.07 Å². The molecule has 1 aromatic carbocycles. The van der Waals surface area contributed by atoms with Gasteiger partial charge in [-0.25, -0.2) is 4.39 Å². The smallest absolute Gasteiger partial charge is 0.138 e. The van der Waals surface area contributed by atoms with Gasteiger partial charge in [-0.05, 0) is 19.1 Å². The molecule has 0 spiro atoms. The normalized spacial score (nSPS) is 20.5. The summed E-state index contributed by atoms with van der Waals surface area (Å²) in [5.74, 6) is -0.148. The standard InChI is InChI=1S/C14H17FN2O/c1-9-7-11-12(17(9)2)4-3-10(14(11)15)13-8-16-5-6-18-13/h3-4,7,13,16H,5-6,8H2,1-2H3. The van der Waals surface area contributed by atoms with Crippen molar-refractivity contribution in [2.45, 2.75) is 13.0 Å². The van der Waals surface area contributed by atoms with Gasteiger partial charge >= 0.3 is 0 Å². The zero-order chi connectivity index (χ0) is 12.7. The van der Waals surface area contributed by atoms with Gasteiger partial charge in [-0.2, -0.15) is 0 Å². The number of aryl methyl sites for hydroxylation is 2. The number of halogens is 1. The van der Waals surface area contributed by atoms with Crippen molar-refractivity contribution < 1.29 is 9.13 Å². The molecule has 1 saturated heterocycles. The Labute approximate surface area is 106 Å². The van der Waals surface area contributed by atoms with Crippen LogP contribution in [-0.4, -0.2) is 24.3 Å². The summed E-state index contributed by atoms with van der Waals surface area (Å²) in [5.41, 5.74) is 2.64. The van der Waals surface area contributed by atoms with Gasteiger partial charge in [0.25, 0.3) is 0 Å². The van der Waals surface area contributed by atoms with Crippen molar-refractivity contribution in [1.82, 2.24) is 9.88 Å². The first kappa shape index (κ1) is 11.7. The summed E-state index contributed by atoms with van der Waals surface area (Å²) in [6, 6.07) is 5.71. The first-order valence-electron chi connectivity index (χ1n) is 6.25. The molecule has 96 valence electrons. The van der Waals surface area contributed by atoms with Crippen molar-refractivity contribution in [2.24, 2.45) is 7.05 Å². The lowest BCUT2D eigenvalue weighted by atomic mass is 10.1. The molecule has 1 unspecified atom stereocenters. The minimum atomic E-state index is -0.177. The number of fused-ring (bicyclic) bond motifs is 1. The number of ether oxygens (including phenoxy) is 1. The molecule has 1 atom stereocenters. The van der Waals surface area contributed by atoms with Crippen molar-refractivity contribution in [2.75, 3.05) is 19.7 Å². The maximum absolute atomic E-state index is 14.5. The Bertz CT molecular complexity index is 585. The van der Waals surface area contributed by atoms with Crippen LogP contribution in [-0.2, 0) is 11.8 Å². The largest absolute Gasteiger partial charge is 0.371 e. The van der Waals surface area contributed by atoms with Gasteiger partial charge in [-0.15, -0.1) is 0 Å². The third kappa shape index (κ3) is 1.72. The van der Waals surface area contributed by atoms with E-state index >= 15 is 0 Å². The van der Waals surface area contributed by atoms with Crippen LogP contribution in [0.2, 0.25) is 0 Å². The highest BCUT2D eigenvalue weighted by molar-refractivity contribution is 5.82. The molecule has 1 aliphatic heterocycles. The summed E-state index contributed by atoms with van der Waals surface area (Å²) in [7, 11) is 1.95. The molecule has 3 rings (SSSR count). The van der Waals surface area contributed by atoms with Crippen molar-refractivity contribution in [3.63, 3.8) is 0 Å². The quantitative estimate of drug-likeness (QED) is 0.838. The summed E-state index contributed by atoms with van der Waals surface area (Å²) in [4.78, 5) is 0. The molecule has 3 nitrogen and oxygen atoms in total. The van der Waals surface area contributed by atoms with E-state index in [-0.39, 0.29) is 11.9 Å². The van der Waals surface area contributed by atoms with Gasteiger partial charge in [0.05, 0.1) is 18.2 Å². The number of nitrogens with zero attached hydrogens (tertiary/aromatic N) is 1. The highest BCUT2D eigenvalue weighted by Gasteiger charge is 2.21. The lowest BCUT2D eigenvalue weighted by Crippen LogP contribution is -2.33. The number of benzene rings is 1. The van der Waals surface area contributed by atoms with Crippen molar-refractivity contribution >= 4 is 10.9 Å². The van der Waals surface area contributed by atoms with Gasteiger partial charge in [0, 0.05) is 36.8 Å². The molecule has 1 aromatic heterocycles. The molecule has 4 heteroatoms. The van der Waals surface area contributed by atoms with E-state index in [4.69, 9.17) is 4.74 Å². The van der Waals surface area contributed by atoms with E-state index in [9.17, 15) is 4.39 Å². The number of hydrogen-bond acceptors (Lipinski definition) is 2. The number of morpholine rings is 1. The van der Waals surface area contributed by atoms with Crippen LogP contribution < -0.4 is 5.32 Å². The Morgan fingerprint density at radius 1 is 1.44 bits per heavy atom. The minimum absolute atomic E-state index is 0.148. The van der Waals surface area contributed by atoms with Gasteiger partial charge in [0.1, 0.15) is 5.82 Å². The van der Waals surface area contributed by atoms with Gasteiger partial charge in [-0.3, -0.25) is 0 Å². The number of rotatable bonds is 1. The van der Waals surface area contributed by atoms with Crippen LogP contribution in [0.15, 0.2) is 18.2 Å². The zero-order valence-electron chi connectivity index (χ0n) is 10.7. The molecule has 1 aliphatic rings. The predicted octanol–water partition coefficient (Wildman–Crippen LogP) is 2.29. The van der Waals surface area contributed by atoms with E-state index in [0.29, 0.717) is 24.1 Å². The molecule has 0 amide bonds. The Morgan fingerprint density at radius 3 is 3.00 bits per heavy atom. The molecule has 0 bridgehead atoms. The van der Waals surface area contributed by atoms with Crippen LogP contribution in [0.3, 0.4) is 0 Å². The van der Waals surface area contributed by atoms with E-state index in [2.05, 4.69) is 5.32 Å². The summed E-state index contributed by atoms with van der Waals surface area (Å²) in [6.45, 7) is 4.13. The van der Waals surface area contributed by atoms with Crippen LogP contribution in [0.25, 0.3) is 10.9 Å². The third-order valence-electron chi connectivity index (χ3n) is 3.70. The molecule has 18 heavy (non-hydrogen) atoms. The summed E-state index contributed by atoms with van der Waals surface area (Å²) < 4.78 is 22.1. The zero-order valence-corrected chi connectivity index (χ0v) is 10.7. The second kappa shape index (κ2) is 4.37. The Hall–Kier alpha value is -1.39. The number of aromatic nitrogens is 1. The molecular formula is C14H17FN2O. The molecule has 0 aliphatic carbocycles. The van der Waals surface area contributed by atoms with E-state index < -0.39 is 0 Å². The van der Waals surface area contributed by atoms with Gasteiger partial charge < -0.3 is 14.6 Å². The van der Waals surface area contributed by atoms with Crippen LogP contribution >= 0.6 is 0 Å². The van der Waals surface area contributed by atoms with E-state index in [1.165, 1.54) is 0 Å². The maximum atomic E-state index is 14.5. The van der Waals surface area contributed by atoms with Gasteiger partial charge in [0.15, 0.2) is 0 Å². The first-order chi connectivity index (χ1) is 8.68. The van der Waals surface area contributed by atoms with E-state index in [0.717, 1.165) is 17.8 Å². The second-order valence-corrected chi connectivity index (χ2v) is 4.81. The molecule has 1 fully saturated rings. The average Bonchev–Trinajstić information content (AvgIpc) is 2.69. The highest BCUT2D eigenvalue weighted by atomic mass is 19.1. The molecule has 0 radical (unpaired) electrons. The third-order valence-corrected chi connectivity index (χ3v) is 3.70. The molecule has 0 saturated carbocycles. The lowest BCUT2D eigenvalue weighted by Gasteiger charge is -2.24. The predicted molar refractivity (Wildman–Crippen MR) is 69.2 cm³/mol. The first-order valence-corrected chi connectivity index (χ1v) is 6.25. The number of nitrogens with one attached hydrogen (secondary N) is 1. The van der Waals surface area contributed by atoms with Crippen molar-refractivity contribution in [1.29, 1.82) is 0 Å². The molecule has 2 heterocycles. The molecule has 2 aromatic rings. The average molecular weight is 248 g/mol. The number of hydrogen-bond donors (Lipinski definition) is 1. The van der Waals surface area contributed by atoms with E-state index in [1.54, 1.807) is 0 Å². The van der Waals surface area contributed by atoms with Crippen molar-refractivity contribution in [3.8, 4) is 0 Å². The Morgan fingerprint density at radius 2 is 2.28 bits per heavy atom. The van der Waals surface area contributed by atoms with Crippen LogP contribution in [0.1, 0.15) is 17.4 Å². The fourth-order valence-electron chi connectivity index (χ4n) is 2.54. The summed E-state index contributed by atoms with van der Waals surface area (Å²) >= 11 is 0. The monoisotopic (exact) mass is 248 g/mol. The summed E-state index contributed by atoms with van der Waals surface area (Å²) in [5, 5.41) is 3.91. The van der Waals surface area contributed by atoms with Gasteiger partial charge in [0.2, 0.25) is 0 Å². The fraction of sp³-hybridized carbons (Fsp3) is 0.429. The molecule has 1 N–H and O–H groups in total. The van der Waals surface area contributed by atoms with Crippen molar-refractivity contribution in [3.05, 3.63) is 35.3 Å². The van der Waals surface area contributed by atoms with Crippen LogP contribution in [0.5, 0.6) is 0 Å². The topological polar surface area (TPSA) is 26.2 Å². The Balaban J connectivity index is 2.11. The van der Waals surface area contributed by atoms with E-state index in [1.807, 2.05) is 36.7 Å². The second-order valence-electron chi connectivity index (χ2n) is 4.81. The fourth-order valence-corrected chi connectivity index (χ4v) is 2.54. The Kier molecular flexibility index (Phi) is 2.84. The lowest BCUT2D eigenvalue weighted by molar-refractivity contribution is 0.0257. The maximum Gasteiger partial charge on any atom is 0.138 e. The van der Waals surface area contributed by atoms with Crippen LogP contribution in [0, 0.1) is 12.7 Å². The van der Waals surface area contributed by atoms with Crippen LogP contribution in [0.4, 0.5) is 4.39 Å².